The Kier molecular flexibility index (Phi) is 4.03. The summed E-state index contributed by atoms with van der Waals surface area (Å²) >= 11 is 0. The van der Waals surface area contributed by atoms with Crippen LogP contribution in [0.5, 0.6) is 0 Å². The average Bonchev–Trinajstić information content (AvgIpc) is 3.12. The molecule has 1 N–H and O–H groups in total. The van der Waals surface area contributed by atoms with Crippen molar-refractivity contribution in [2.45, 2.75) is 32.5 Å². The molecule has 3 rings (SSSR count). The molecular formula is C14H22N4O2. The van der Waals surface area contributed by atoms with Gasteiger partial charge in [-0.15, -0.1) is 0 Å². The molecule has 1 aromatic heterocycles. The van der Waals surface area contributed by atoms with Gasteiger partial charge in [0.1, 0.15) is 5.82 Å². The summed E-state index contributed by atoms with van der Waals surface area (Å²) in [4.78, 5) is 18.9. The molecule has 2 aliphatic rings. The maximum absolute atomic E-state index is 12.7. The van der Waals surface area contributed by atoms with Crippen molar-refractivity contribution < 1.29 is 9.53 Å². The second-order valence-corrected chi connectivity index (χ2v) is 5.50. The Morgan fingerprint density at radius 3 is 3.25 bits per heavy atom. The van der Waals surface area contributed by atoms with Crippen LogP contribution in [-0.2, 0) is 22.6 Å². The van der Waals surface area contributed by atoms with Crippen LogP contribution in [0.1, 0.15) is 19.2 Å². The smallest absolute Gasteiger partial charge is 0.230 e. The molecule has 0 bridgehead atoms. The van der Waals surface area contributed by atoms with Crippen molar-refractivity contribution in [3.8, 4) is 0 Å². The number of imidazole rings is 1. The topological polar surface area (TPSA) is 59.4 Å². The van der Waals surface area contributed by atoms with Gasteiger partial charge in [-0.25, -0.2) is 4.98 Å². The largest absolute Gasteiger partial charge is 0.379 e. The minimum atomic E-state index is -0.0527. The molecule has 1 amide bonds. The fourth-order valence-corrected chi connectivity index (χ4v) is 2.92. The Morgan fingerprint density at radius 1 is 1.50 bits per heavy atom. The van der Waals surface area contributed by atoms with Gasteiger partial charge in [-0.1, -0.05) is 6.92 Å². The maximum atomic E-state index is 12.7. The molecule has 2 unspecified atom stereocenters. The van der Waals surface area contributed by atoms with Crippen molar-refractivity contribution in [2.75, 3.05) is 26.3 Å². The molecule has 6 heteroatoms. The number of aromatic nitrogens is 2. The third-order valence-corrected chi connectivity index (χ3v) is 4.11. The minimum Gasteiger partial charge on any atom is -0.379 e. The fraction of sp³-hybridized carbons (Fsp3) is 0.714. The summed E-state index contributed by atoms with van der Waals surface area (Å²) in [6, 6.07) is 0.157. The van der Waals surface area contributed by atoms with Gasteiger partial charge in [-0.2, -0.15) is 0 Å². The average molecular weight is 278 g/mol. The van der Waals surface area contributed by atoms with E-state index in [0.717, 1.165) is 31.9 Å². The van der Waals surface area contributed by atoms with E-state index in [2.05, 4.69) is 21.8 Å². The molecule has 2 atom stereocenters. The molecule has 3 heterocycles. The lowest BCUT2D eigenvalue weighted by Crippen LogP contribution is -2.48. The molecule has 1 aromatic rings. The SMILES string of the molecule is CCCNC1COCC1C(=O)N1CCn2ccnc2C1. The molecule has 2 aliphatic heterocycles. The van der Waals surface area contributed by atoms with E-state index in [-0.39, 0.29) is 17.9 Å². The number of carbonyl (C=O) groups is 1. The number of hydrogen-bond acceptors (Lipinski definition) is 4. The van der Waals surface area contributed by atoms with E-state index in [0.29, 0.717) is 19.8 Å². The molecule has 110 valence electrons. The number of nitrogens with zero attached hydrogens (tertiary/aromatic N) is 3. The van der Waals surface area contributed by atoms with Crippen LogP contribution in [0, 0.1) is 5.92 Å². The van der Waals surface area contributed by atoms with Crippen molar-refractivity contribution in [1.82, 2.24) is 19.8 Å². The first-order valence-corrected chi connectivity index (χ1v) is 7.39. The van der Waals surface area contributed by atoms with E-state index in [1.807, 2.05) is 11.1 Å². The molecular weight excluding hydrogens is 256 g/mol. The first-order chi connectivity index (χ1) is 9.79. The number of hydrogen-bond donors (Lipinski definition) is 1. The molecule has 1 saturated heterocycles. The molecule has 20 heavy (non-hydrogen) atoms. The van der Waals surface area contributed by atoms with Crippen LogP contribution in [-0.4, -0.2) is 52.7 Å². The Labute approximate surface area is 119 Å². The van der Waals surface area contributed by atoms with E-state index in [1.165, 1.54) is 0 Å². The predicted molar refractivity (Wildman–Crippen MR) is 74.0 cm³/mol. The third-order valence-electron chi connectivity index (χ3n) is 4.11. The van der Waals surface area contributed by atoms with Crippen LogP contribution in [0.3, 0.4) is 0 Å². The van der Waals surface area contributed by atoms with Crippen LogP contribution >= 0.6 is 0 Å². The van der Waals surface area contributed by atoms with Crippen molar-refractivity contribution >= 4 is 5.91 Å². The van der Waals surface area contributed by atoms with Crippen LogP contribution in [0.4, 0.5) is 0 Å². The summed E-state index contributed by atoms with van der Waals surface area (Å²) in [5, 5.41) is 3.42. The molecule has 0 aliphatic carbocycles. The molecule has 0 aromatic carbocycles. The van der Waals surface area contributed by atoms with Gasteiger partial charge in [-0.3, -0.25) is 4.79 Å². The number of nitrogens with one attached hydrogen (secondary N) is 1. The summed E-state index contributed by atoms with van der Waals surface area (Å²) in [6.07, 6.45) is 4.84. The highest BCUT2D eigenvalue weighted by Crippen LogP contribution is 2.20. The van der Waals surface area contributed by atoms with Gasteiger partial charge >= 0.3 is 0 Å². The molecule has 0 saturated carbocycles. The molecule has 0 radical (unpaired) electrons. The summed E-state index contributed by atoms with van der Waals surface area (Å²) in [5.74, 6) is 1.12. The van der Waals surface area contributed by atoms with Gasteiger partial charge in [-0.05, 0) is 13.0 Å². The van der Waals surface area contributed by atoms with E-state index in [4.69, 9.17) is 4.74 Å². The number of rotatable bonds is 4. The second kappa shape index (κ2) is 5.93. The van der Waals surface area contributed by atoms with Crippen LogP contribution in [0.2, 0.25) is 0 Å². The van der Waals surface area contributed by atoms with E-state index in [1.54, 1.807) is 6.20 Å². The molecule has 1 fully saturated rings. The van der Waals surface area contributed by atoms with Crippen LogP contribution < -0.4 is 5.32 Å². The lowest BCUT2D eigenvalue weighted by molar-refractivity contribution is -0.137. The highest BCUT2D eigenvalue weighted by atomic mass is 16.5. The van der Waals surface area contributed by atoms with Crippen molar-refractivity contribution in [2.24, 2.45) is 5.92 Å². The summed E-state index contributed by atoms with van der Waals surface area (Å²) in [6.45, 7) is 6.44. The number of ether oxygens (including phenoxy) is 1. The van der Waals surface area contributed by atoms with Crippen molar-refractivity contribution in [3.05, 3.63) is 18.2 Å². The monoisotopic (exact) mass is 278 g/mol. The van der Waals surface area contributed by atoms with Gasteiger partial charge in [0.05, 0.1) is 25.7 Å². The zero-order valence-electron chi connectivity index (χ0n) is 11.9. The standard InChI is InChI=1S/C14H22N4O2/c1-2-3-15-12-10-20-9-11(12)14(19)18-7-6-17-5-4-16-13(17)8-18/h4-5,11-12,15H,2-3,6-10H2,1H3. The second-order valence-electron chi connectivity index (χ2n) is 5.50. The quantitative estimate of drug-likeness (QED) is 0.857. The lowest BCUT2D eigenvalue weighted by Gasteiger charge is -2.31. The summed E-state index contributed by atoms with van der Waals surface area (Å²) in [5.41, 5.74) is 0. The summed E-state index contributed by atoms with van der Waals surface area (Å²) < 4.78 is 7.62. The zero-order chi connectivity index (χ0) is 13.9. The Bertz CT molecular complexity index is 473. The van der Waals surface area contributed by atoms with E-state index in [9.17, 15) is 4.79 Å². The van der Waals surface area contributed by atoms with E-state index < -0.39 is 0 Å². The van der Waals surface area contributed by atoms with Crippen LogP contribution in [0.25, 0.3) is 0 Å². The van der Waals surface area contributed by atoms with Gasteiger partial charge in [0.15, 0.2) is 0 Å². The third kappa shape index (κ3) is 2.58. The van der Waals surface area contributed by atoms with Gasteiger partial charge in [0.25, 0.3) is 0 Å². The van der Waals surface area contributed by atoms with Gasteiger partial charge < -0.3 is 19.5 Å². The van der Waals surface area contributed by atoms with Gasteiger partial charge in [0.2, 0.25) is 5.91 Å². The molecule has 0 spiro atoms. The Morgan fingerprint density at radius 2 is 2.40 bits per heavy atom. The van der Waals surface area contributed by atoms with Crippen LogP contribution in [0.15, 0.2) is 12.4 Å². The number of carbonyl (C=O) groups excluding carboxylic acids is 1. The predicted octanol–water partition coefficient (Wildman–Crippen LogP) is 0.240. The van der Waals surface area contributed by atoms with Crippen molar-refractivity contribution in [3.63, 3.8) is 0 Å². The normalized spacial score (nSPS) is 25.8. The highest BCUT2D eigenvalue weighted by Gasteiger charge is 2.37. The number of fused-ring (bicyclic) bond motifs is 1. The minimum absolute atomic E-state index is 0.0527. The first-order valence-electron chi connectivity index (χ1n) is 7.39. The Hall–Kier alpha value is -1.40. The Balaban J connectivity index is 1.64. The number of amides is 1. The maximum Gasteiger partial charge on any atom is 0.230 e. The van der Waals surface area contributed by atoms with Crippen molar-refractivity contribution in [1.29, 1.82) is 0 Å². The first kappa shape index (κ1) is 13.6. The summed E-state index contributed by atoms with van der Waals surface area (Å²) in [7, 11) is 0. The van der Waals surface area contributed by atoms with E-state index >= 15 is 0 Å². The highest BCUT2D eigenvalue weighted by molar-refractivity contribution is 5.80. The lowest BCUT2D eigenvalue weighted by atomic mass is 10.0. The fourth-order valence-electron chi connectivity index (χ4n) is 2.92. The zero-order valence-corrected chi connectivity index (χ0v) is 11.9. The molecule has 6 nitrogen and oxygen atoms in total. The van der Waals surface area contributed by atoms with Gasteiger partial charge in [0, 0.05) is 31.5 Å².